The first-order chi connectivity index (χ1) is 8.02. The van der Waals surface area contributed by atoms with Crippen molar-refractivity contribution in [1.82, 2.24) is 0 Å². The average Bonchev–Trinajstić information content (AvgIpc) is 2.69. The summed E-state index contributed by atoms with van der Waals surface area (Å²) in [5.41, 5.74) is 9.06. The Hall–Kier alpha value is -1.02. The first kappa shape index (κ1) is 12.4. The van der Waals surface area contributed by atoms with Gasteiger partial charge in [-0.15, -0.1) is 0 Å². The average molecular weight is 232 g/mol. The Labute approximate surface area is 105 Å². The third-order valence-electron chi connectivity index (χ3n) is 3.80. The molecule has 2 heteroatoms. The molecular formula is C15H24N2. The molecule has 0 amide bonds. The van der Waals surface area contributed by atoms with Crippen LogP contribution in [0.3, 0.4) is 0 Å². The molecule has 1 saturated heterocycles. The molecule has 1 aromatic carbocycles. The molecule has 17 heavy (non-hydrogen) atoms. The van der Waals surface area contributed by atoms with Crippen molar-refractivity contribution in [2.45, 2.75) is 39.7 Å². The van der Waals surface area contributed by atoms with Crippen LogP contribution in [0.5, 0.6) is 0 Å². The van der Waals surface area contributed by atoms with Crippen molar-refractivity contribution in [2.75, 3.05) is 18.0 Å². The van der Waals surface area contributed by atoms with Gasteiger partial charge in [-0.2, -0.15) is 0 Å². The van der Waals surface area contributed by atoms with Crippen molar-refractivity contribution in [1.29, 1.82) is 0 Å². The van der Waals surface area contributed by atoms with Crippen molar-refractivity contribution in [3.05, 3.63) is 29.8 Å². The molecule has 1 aliphatic rings. The third kappa shape index (κ3) is 2.81. The zero-order chi connectivity index (χ0) is 12.5. The fourth-order valence-electron chi connectivity index (χ4n) is 2.50. The summed E-state index contributed by atoms with van der Waals surface area (Å²) in [4.78, 5) is 2.47. The smallest absolute Gasteiger partial charge is 0.0366 e. The fourth-order valence-corrected chi connectivity index (χ4v) is 2.50. The van der Waals surface area contributed by atoms with E-state index in [0.717, 1.165) is 13.0 Å². The maximum atomic E-state index is 6.03. The van der Waals surface area contributed by atoms with E-state index in [2.05, 4.69) is 49.9 Å². The van der Waals surface area contributed by atoms with E-state index < -0.39 is 0 Å². The van der Waals surface area contributed by atoms with Gasteiger partial charge in [0.05, 0.1) is 0 Å². The molecule has 0 aliphatic carbocycles. The molecule has 1 aromatic rings. The highest BCUT2D eigenvalue weighted by molar-refractivity contribution is 5.49. The highest BCUT2D eigenvalue weighted by atomic mass is 15.2. The summed E-state index contributed by atoms with van der Waals surface area (Å²) < 4.78 is 0. The minimum atomic E-state index is 0.180. The topological polar surface area (TPSA) is 29.3 Å². The van der Waals surface area contributed by atoms with E-state index in [-0.39, 0.29) is 6.04 Å². The van der Waals surface area contributed by atoms with Crippen LogP contribution in [-0.2, 0) is 0 Å². The molecule has 0 radical (unpaired) electrons. The third-order valence-corrected chi connectivity index (χ3v) is 3.80. The summed E-state index contributed by atoms with van der Waals surface area (Å²) in [6.07, 6.45) is 2.28. The number of hydrogen-bond acceptors (Lipinski definition) is 2. The normalized spacial score (nSPS) is 20.6. The largest absolute Gasteiger partial charge is 0.371 e. The Balaban J connectivity index is 2.09. The van der Waals surface area contributed by atoms with Crippen molar-refractivity contribution in [2.24, 2.45) is 11.1 Å². The van der Waals surface area contributed by atoms with E-state index in [4.69, 9.17) is 5.73 Å². The Bertz CT molecular complexity index is 367. The standard InChI is InChI=1S/C15H24N2/c1-4-14(16)12-5-7-13(8-6-12)17-10-9-15(2,3)11-17/h5-8,14H,4,9-11,16H2,1-3H3/t14-/m0/s1. The molecule has 94 valence electrons. The molecule has 1 atom stereocenters. The van der Waals surface area contributed by atoms with Crippen LogP contribution < -0.4 is 10.6 Å². The number of nitrogens with zero attached hydrogens (tertiary/aromatic N) is 1. The molecule has 2 rings (SSSR count). The maximum absolute atomic E-state index is 6.03. The number of rotatable bonds is 3. The molecule has 2 N–H and O–H groups in total. The fraction of sp³-hybridized carbons (Fsp3) is 0.600. The number of nitrogens with two attached hydrogens (primary N) is 1. The molecule has 0 saturated carbocycles. The molecule has 0 bridgehead atoms. The van der Waals surface area contributed by atoms with Gasteiger partial charge in [0.15, 0.2) is 0 Å². The zero-order valence-corrected chi connectivity index (χ0v) is 11.2. The highest BCUT2D eigenvalue weighted by Gasteiger charge is 2.29. The highest BCUT2D eigenvalue weighted by Crippen LogP contribution is 2.32. The predicted octanol–water partition coefficient (Wildman–Crippen LogP) is 3.33. The summed E-state index contributed by atoms with van der Waals surface area (Å²) in [5.74, 6) is 0. The van der Waals surface area contributed by atoms with Gasteiger partial charge in [-0.1, -0.05) is 32.9 Å². The zero-order valence-electron chi connectivity index (χ0n) is 11.2. The molecule has 1 heterocycles. The number of hydrogen-bond donors (Lipinski definition) is 1. The van der Waals surface area contributed by atoms with Crippen LogP contribution >= 0.6 is 0 Å². The second-order valence-corrected chi connectivity index (χ2v) is 5.94. The van der Waals surface area contributed by atoms with Gasteiger partial charge in [0.1, 0.15) is 0 Å². The molecule has 0 unspecified atom stereocenters. The van der Waals surface area contributed by atoms with Gasteiger partial charge >= 0.3 is 0 Å². The summed E-state index contributed by atoms with van der Waals surface area (Å²) in [6, 6.07) is 8.96. The Kier molecular flexibility index (Phi) is 3.43. The Morgan fingerprint density at radius 3 is 2.41 bits per heavy atom. The van der Waals surface area contributed by atoms with E-state index in [0.29, 0.717) is 5.41 Å². The number of benzene rings is 1. The molecule has 1 aliphatic heterocycles. The van der Waals surface area contributed by atoms with Crippen molar-refractivity contribution < 1.29 is 0 Å². The monoisotopic (exact) mass is 232 g/mol. The van der Waals surface area contributed by atoms with Gasteiger partial charge in [0.25, 0.3) is 0 Å². The van der Waals surface area contributed by atoms with E-state index in [1.54, 1.807) is 0 Å². The molecular weight excluding hydrogens is 208 g/mol. The minimum Gasteiger partial charge on any atom is -0.371 e. The van der Waals surface area contributed by atoms with Crippen molar-refractivity contribution >= 4 is 5.69 Å². The van der Waals surface area contributed by atoms with Gasteiger partial charge in [-0.3, -0.25) is 0 Å². The van der Waals surface area contributed by atoms with E-state index >= 15 is 0 Å². The van der Waals surface area contributed by atoms with Crippen LogP contribution in [0.25, 0.3) is 0 Å². The van der Waals surface area contributed by atoms with Crippen molar-refractivity contribution in [3.63, 3.8) is 0 Å². The van der Waals surface area contributed by atoms with Crippen LogP contribution in [0.1, 0.15) is 45.2 Å². The lowest BCUT2D eigenvalue weighted by Crippen LogP contribution is -2.22. The number of anilines is 1. The predicted molar refractivity (Wildman–Crippen MR) is 74.3 cm³/mol. The van der Waals surface area contributed by atoms with Crippen LogP contribution in [0.2, 0.25) is 0 Å². The molecule has 0 aromatic heterocycles. The maximum Gasteiger partial charge on any atom is 0.0366 e. The van der Waals surface area contributed by atoms with Crippen LogP contribution in [0.4, 0.5) is 5.69 Å². The van der Waals surface area contributed by atoms with Gasteiger partial charge < -0.3 is 10.6 Å². The van der Waals surface area contributed by atoms with E-state index in [1.165, 1.54) is 24.2 Å². The van der Waals surface area contributed by atoms with Gasteiger partial charge in [0, 0.05) is 24.8 Å². The summed E-state index contributed by atoms with van der Waals surface area (Å²) in [5, 5.41) is 0. The van der Waals surface area contributed by atoms with Crippen LogP contribution in [-0.4, -0.2) is 13.1 Å². The van der Waals surface area contributed by atoms with Crippen LogP contribution in [0, 0.1) is 5.41 Å². The quantitative estimate of drug-likeness (QED) is 0.866. The SMILES string of the molecule is CC[C@H](N)c1ccc(N2CCC(C)(C)C2)cc1. The Morgan fingerprint density at radius 2 is 1.94 bits per heavy atom. The van der Waals surface area contributed by atoms with Crippen LogP contribution in [0.15, 0.2) is 24.3 Å². The van der Waals surface area contributed by atoms with Gasteiger partial charge in [-0.05, 0) is 36.0 Å². The van der Waals surface area contributed by atoms with E-state index in [9.17, 15) is 0 Å². The van der Waals surface area contributed by atoms with Crippen molar-refractivity contribution in [3.8, 4) is 0 Å². The van der Waals surface area contributed by atoms with Gasteiger partial charge in [0.2, 0.25) is 0 Å². The second-order valence-electron chi connectivity index (χ2n) is 5.94. The first-order valence-electron chi connectivity index (χ1n) is 6.62. The van der Waals surface area contributed by atoms with Gasteiger partial charge in [-0.25, -0.2) is 0 Å². The lowest BCUT2D eigenvalue weighted by molar-refractivity contribution is 0.418. The lowest BCUT2D eigenvalue weighted by Gasteiger charge is -2.22. The lowest BCUT2D eigenvalue weighted by atomic mass is 9.93. The molecule has 1 fully saturated rings. The second kappa shape index (κ2) is 4.69. The summed E-state index contributed by atoms with van der Waals surface area (Å²) in [7, 11) is 0. The molecule has 0 spiro atoms. The summed E-state index contributed by atoms with van der Waals surface area (Å²) >= 11 is 0. The van der Waals surface area contributed by atoms with E-state index in [1.807, 2.05) is 0 Å². The minimum absolute atomic E-state index is 0.180. The first-order valence-corrected chi connectivity index (χ1v) is 6.62. The summed E-state index contributed by atoms with van der Waals surface area (Å²) in [6.45, 7) is 9.14. The Morgan fingerprint density at radius 1 is 1.29 bits per heavy atom. The molecule has 2 nitrogen and oxygen atoms in total.